The molecule has 1 atom stereocenters. The van der Waals surface area contributed by atoms with Crippen LogP contribution >= 0.6 is 11.8 Å². The summed E-state index contributed by atoms with van der Waals surface area (Å²) >= 11 is 1.56. The number of thioether (sulfide) groups is 1. The second-order valence-electron chi connectivity index (χ2n) is 5.67. The third-order valence-corrected chi connectivity index (χ3v) is 4.81. The summed E-state index contributed by atoms with van der Waals surface area (Å²) in [4.78, 5) is 19.7. The van der Waals surface area contributed by atoms with E-state index in [1.807, 2.05) is 24.3 Å². The highest BCUT2D eigenvalue weighted by Gasteiger charge is 2.20. The van der Waals surface area contributed by atoms with Gasteiger partial charge in [-0.25, -0.2) is 4.98 Å². The third-order valence-electron chi connectivity index (χ3n) is 3.86. The van der Waals surface area contributed by atoms with Gasteiger partial charge in [0.1, 0.15) is 0 Å². The lowest BCUT2D eigenvalue weighted by Gasteiger charge is -2.19. The molecule has 0 bridgehead atoms. The standard InChI is InChI=1S/C16H19N3OS/c1-10-2-7-14-13(8-10)15(20)19-16(18-14)21-9-11-3-5-12(17)6-4-11/h3-6,10H,2,7-9,17H2,1H3,(H,18,19,20). The van der Waals surface area contributed by atoms with E-state index in [0.29, 0.717) is 11.1 Å². The van der Waals surface area contributed by atoms with Crippen LogP contribution in [0.5, 0.6) is 0 Å². The highest BCUT2D eigenvalue weighted by atomic mass is 32.2. The minimum atomic E-state index is 0.0337. The summed E-state index contributed by atoms with van der Waals surface area (Å²) in [5.74, 6) is 1.35. The Morgan fingerprint density at radius 2 is 2.14 bits per heavy atom. The van der Waals surface area contributed by atoms with Gasteiger partial charge in [0.15, 0.2) is 5.16 Å². The normalized spacial score (nSPS) is 17.5. The summed E-state index contributed by atoms with van der Waals surface area (Å²) in [5, 5.41) is 0.713. The lowest BCUT2D eigenvalue weighted by atomic mass is 9.89. The summed E-state index contributed by atoms with van der Waals surface area (Å²) in [7, 11) is 0. The number of anilines is 1. The first-order valence-corrected chi connectivity index (χ1v) is 8.19. The van der Waals surface area contributed by atoms with Crippen molar-refractivity contribution in [2.24, 2.45) is 5.92 Å². The van der Waals surface area contributed by atoms with Crippen LogP contribution in [0.1, 0.15) is 30.2 Å². The number of hydrogen-bond donors (Lipinski definition) is 2. The van der Waals surface area contributed by atoms with Gasteiger partial charge in [-0.1, -0.05) is 30.8 Å². The van der Waals surface area contributed by atoms with Crippen molar-refractivity contribution in [3.63, 3.8) is 0 Å². The molecule has 0 radical (unpaired) electrons. The number of nitrogens with one attached hydrogen (secondary N) is 1. The van der Waals surface area contributed by atoms with E-state index in [1.165, 1.54) is 5.56 Å². The van der Waals surface area contributed by atoms with Crippen molar-refractivity contribution < 1.29 is 0 Å². The number of nitrogens with two attached hydrogens (primary N) is 1. The maximum absolute atomic E-state index is 12.2. The first kappa shape index (κ1) is 14.2. The zero-order valence-electron chi connectivity index (χ0n) is 12.1. The van der Waals surface area contributed by atoms with Crippen molar-refractivity contribution in [3.05, 3.63) is 51.4 Å². The van der Waals surface area contributed by atoms with Crippen LogP contribution < -0.4 is 11.3 Å². The monoisotopic (exact) mass is 301 g/mol. The molecule has 1 aromatic carbocycles. The molecule has 21 heavy (non-hydrogen) atoms. The number of aryl methyl sites for hydroxylation is 1. The number of nitrogen functional groups attached to an aromatic ring is 1. The van der Waals surface area contributed by atoms with Crippen LogP contribution in [0.3, 0.4) is 0 Å². The number of aromatic amines is 1. The minimum absolute atomic E-state index is 0.0337. The Balaban J connectivity index is 1.76. The second kappa shape index (κ2) is 5.93. The maximum atomic E-state index is 12.2. The lowest BCUT2D eigenvalue weighted by molar-refractivity contribution is 0.485. The van der Waals surface area contributed by atoms with Crippen molar-refractivity contribution in [1.82, 2.24) is 9.97 Å². The maximum Gasteiger partial charge on any atom is 0.254 e. The van der Waals surface area contributed by atoms with Crippen LogP contribution in [0.15, 0.2) is 34.2 Å². The molecule has 110 valence electrons. The molecular formula is C16H19N3OS. The molecular weight excluding hydrogens is 282 g/mol. The molecule has 1 aliphatic rings. The highest BCUT2D eigenvalue weighted by molar-refractivity contribution is 7.98. The molecule has 2 aromatic rings. The topological polar surface area (TPSA) is 71.8 Å². The Labute approximate surface area is 128 Å². The quantitative estimate of drug-likeness (QED) is 0.519. The summed E-state index contributed by atoms with van der Waals surface area (Å²) < 4.78 is 0. The molecule has 0 saturated carbocycles. The molecule has 0 amide bonds. The average molecular weight is 301 g/mol. The van der Waals surface area contributed by atoms with Crippen LogP contribution in [0, 0.1) is 5.92 Å². The fourth-order valence-electron chi connectivity index (χ4n) is 2.61. The number of aromatic nitrogens is 2. The van der Waals surface area contributed by atoms with Gasteiger partial charge in [0.2, 0.25) is 0 Å². The van der Waals surface area contributed by atoms with E-state index in [4.69, 9.17) is 5.73 Å². The fraction of sp³-hybridized carbons (Fsp3) is 0.375. The van der Waals surface area contributed by atoms with Gasteiger partial charge in [0.05, 0.1) is 5.69 Å². The summed E-state index contributed by atoms with van der Waals surface area (Å²) in [6.07, 6.45) is 2.88. The molecule has 0 aliphatic heterocycles. The van der Waals surface area contributed by atoms with Crippen LogP contribution in [0.25, 0.3) is 0 Å². The summed E-state index contributed by atoms with van der Waals surface area (Å²) in [5.41, 5.74) is 9.50. The Morgan fingerprint density at radius 1 is 1.38 bits per heavy atom. The van der Waals surface area contributed by atoms with E-state index in [2.05, 4.69) is 16.9 Å². The predicted molar refractivity (Wildman–Crippen MR) is 86.5 cm³/mol. The molecule has 0 spiro atoms. The lowest BCUT2D eigenvalue weighted by Crippen LogP contribution is -2.24. The molecule has 1 aliphatic carbocycles. The molecule has 1 heterocycles. The van der Waals surface area contributed by atoms with E-state index in [9.17, 15) is 4.79 Å². The number of nitrogens with zero attached hydrogens (tertiary/aromatic N) is 1. The third kappa shape index (κ3) is 3.29. The van der Waals surface area contributed by atoms with Gasteiger partial charge in [0, 0.05) is 17.0 Å². The van der Waals surface area contributed by atoms with Crippen molar-refractivity contribution in [2.45, 2.75) is 37.1 Å². The smallest absolute Gasteiger partial charge is 0.254 e. The number of H-pyrrole nitrogens is 1. The minimum Gasteiger partial charge on any atom is -0.399 e. The van der Waals surface area contributed by atoms with E-state index < -0.39 is 0 Å². The SMILES string of the molecule is CC1CCc2nc(SCc3ccc(N)cc3)[nH]c(=O)c2C1. The van der Waals surface area contributed by atoms with E-state index in [1.54, 1.807) is 11.8 Å². The molecule has 1 unspecified atom stereocenters. The van der Waals surface area contributed by atoms with Crippen LogP contribution in [-0.2, 0) is 18.6 Å². The molecule has 3 rings (SSSR count). The van der Waals surface area contributed by atoms with Gasteiger partial charge in [-0.3, -0.25) is 4.79 Å². The van der Waals surface area contributed by atoms with Crippen molar-refractivity contribution in [3.8, 4) is 0 Å². The first-order chi connectivity index (χ1) is 10.1. The average Bonchev–Trinajstić information content (AvgIpc) is 2.47. The number of hydrogen-bond acceptors (Lipinski definition) is 4. The van der Waals surface area contributed by atoms with Crippen LogP contribution in [0.2, 0.25) is 0 Å². The zero-order valence-corrected chi connectivity index (χ0v) is 12.9. The number of rotatable bonds is 3. The highest BCUT2D eigenvalue weighted by Crippen LogP contribution is 2.24. The Morgan fingerprint density at radius 3 is 2.90 bits per heavy atom. The molecule has 1 aromatic heterocycles. The van der Waals surface area contributed by atoms with Gasteiger partial charge in [-0.15, -0.1) is 0 Å². The Hall–Kier alpha value is -1.75. The Bertz CT molecular complexity index is 694. The molecule has 3 N–H and O–H groups in total. The number of fused-ring (bicyclic) bond motifs is 1. The van der Waals surface area contributed by atoms with Gasteiger partial charge in [0.25, 0.3) is 5.56 Å². The Kier molecular flexibility index (Phi) is 4.01. The van der Waals surface area contributed by atoms with Crippen molar-refractivity contribution >= 4 is 17.4 Å². The van der Waals surface area contributed by atoms with Crippen LogP contribution in [0.4, 0.5) is 5.69 Å². The molecule has 0 saturated heterocycles. The van der Waals surface area contributed by atoms with E-state index >= 15 is 0 Å². The number of benzene rings is 1. The first-order valence-electron chi connectivity index (χ1n) is 7.21. The predicted octanol–water partition coefficient (Wildman–Crippen LogP) is 2.77. The fourth-order valence-corrected chi connectivity index (χ4v) is 3.44. The van der Waals surface area contributed by atoms with Crippen molar-refractivity contribution in [1.29, 1.82) is 0 Å². The van der Waals surface area contributed by atoms with Gasteiger partial charge >= 0.3 is 0 Å². The van der Waals surface area contributed by atoms with Gasteiger partial charge in [-0.05, 0) is 42.9 Å². The summed E-state index contributed by atoms with van der Waals surface area (Å²) in [6, 6.07) is 7.78. The molecule has 4 nitrogen and oxygen atoms in total. The zero-order chi connectivity index (χ0) is 14.8. The van der Waals surface area contributed by atoms with Crippen molar-refractivity contribution in [2.75, 3.05) is 5.73 Å². The second-order valence-corrected chi connectivity index (χ2v) is 6.64. The molecule has 0 fully saturated rings. The van der Waals surface area contributed by atoms with Crippen LogP contribution in [-0.4, -0.2) is 9.97 Å². The molecule has 5 heteroatoms. The summed E-state index contributed by atoms with van der Waals surface area (Å²) in [6.45, 7) is 2.19. The van der Waals surface area contributed by atoms with Gasteiger partial charge in [-0.2, -0.15) is 0 Å². The largest absolute Gasteiger partial charge is 0.399 e. The van der Waals surface area contributed by atoms with E-state index in [0.717, 1.165) is 42.0 Å². The van der Waals surface area contributed by atoms with E-state index in [-0.39, 0.29) is 5.56 Å². The van der Waals surface area contributed by atoms with Gasteiger partial charge < -0.3 is 10.7 Å².